The van der Waals surface area contributed by atoms with E-state index in [2.05, 4.69) is 12.6 Å². The lowest BCUT2D eigenvalue weighted by Gasteiger charge is -2.04. The molecule has 0 heterocycles. The molecule has 0 bridgehead atoms. The highest BCUT2D eigenvalue weighted by Gasteiger charge is 1.91. The highest BCUT2D eigenvalue weighted by molar-refractivity contribution is 4.45. The van der Waals surface area contributed by atoms with E-state index in [-0.39, 0.29) is 0 Å². The summed E-state index contributed by atoms with van der Waals surface area (Å²) in [5.74, 6) is 0. The zero-order valence-electron chi connectivity index (χ0n) is 10.4. The van der Waals surface area contributed by atoms with Crippen LogP contribution in [0.5, 0.6) is 0 Å². The van der Waals surface area contributed by atoms with Gasteiger partial charge in [0.2, 0.25) is 0 Å². The Morgan fingerprint density at radius 3 is 1.93 bits per heavy atom. The molecule has 0 unspecified atom stereocenters. The van der Waals surface area contributed by atoms with Crippen LogP contribution in [-0.4, -0.2) is 13.2 Å². The summed E-state index contributed by atoms with van der Waals surface area (Å²) >= 11 is 0. The molecular weight excluding hydrogens is 190 g/mol. The maximum absolute atomic E-state index is 5.05. The molecule has 0 amide bonds. The Kier molecular flexibility index (Phi) is 13.8. The van der Waals surface area contributed by atoms with E-state index in [1.165, 1.54) is 44.9 Å². The Morgan fingerprint density at radius 1 is 0.733 bits per heavy atom. The second-order valence-corrected chi connectivity index (χ2v) is 3.84. The predicted molar refractivity (Wildman–Crippen MR) is 63.3 cm³/mol. The first-order chi connectivity index (χ1) is 7.41. The lowest BCUT2D eigenvalue weighted by molar-refractivity contribution is -0.167. The molecule has 0 spiro atoms. The lowest BCUT2D eigenvalue weighted by atomic mass is 10.1. The largest absolute Gasteiger partial charge is 0.277 e. The molecule has 0 saturated carbocycles. The van der Waals surface area contributed by atoms with Gasteiger partial charge in [0, 0.05) is 0 Å². The third-order valence-corrected chi connectivity index (χ3v) is 2.36. The number of hydrogen-bond acceptors (Lipinski definition) is 3. The zero-order valence-corrected chi connectivity index (χ0v) is 10.4. The van der Waals surface area contributed by atoms with Gasteiger partial charge in [0.15, 0.2) is 0 Å². The summed E-state index contributed by atoms with van der Waals surface area (Å²) in [5, 5.41) is 0. The van der Waals surface area contributed by atoms with Crippen LogP contribution in [0.2, 0.25) is 0 Å². The van der Waals surface area contributed by atoms with Crippen LogP contribution in [0.15, 0.2) is 0 Å². The summed E-state index contributed by atoms with van der Waals surface area (Å²) in [5.41, 5.74) is 2.45. The minimum Gasteiger partial charge on any atom is -0.277 e. The summed E-state index contributed by atoms with van der Waals surface area (Å²) < 4.78 is 0. The fraction of sp³-hybridized carbons (Fsp3) is 1.00. The molecule has 0 aromatic heterocycles. The van der Waals surface area contributed by atoms with Crippen molar-refractivity contribution in [2.24, 2.45) is 0 Å². The Bertz CT molecular complexity index is 97.8. The zero-order chi connectivity index (χ0) is 11.2. The van der Waals surface area contributed by atoms with Crippen LogP contribution in [0.3, 0.4) is 0 Å². The van der Waals surface area contributed by atoms with Gasteiger partial charge in [-0.25, -0.2) is 0 Å². The van der Waals surface area contributed by atoms with Crippen LogP contribution < -0.4 is 5.64 Å². The molecule has 0 atom stereocenters. The minimum atomic E-state index is 0.636. The summed E-state index contributed by atoms with van der Waals surface area (Å²) in [4.78, 5) is 9.88. The molecule has 0 aromatic rings. The lowest BCUT2D eigenvalue weighted by Crippen LogP contribution is -2.15. The van der Waals surface area contributed by atoms with Crippen molar-refractivity contribution in [3.8, 4) is 0 Å². The molecule has 3 heteroatoms. The summed E-state index contributed by atoms with van der Waals surface area (Å²) in [6, 6.07) is 0. The first kappa shape index (κ1) is 14.9. The summed E-state index contributed by atoms with van der Waals surface area (Å²) in [7, 11) is 0. The topological polar surface area (TPSA) is 30.5 Å². The van der Waals surface area contributed by atoms with E-state index < -0.39 is 0 Å². The number of hydrogen-bond donors (Lipinski definition) is 1. The number of nitrogens with one attached hydrogen (secondary N) is 1. The van der Waals surface area contributed by atoms with Crippen LogP contribution in [0, 0.1) is 0 Å². The van der Waals surface area contributed by atoms with Gasteiger partial charge in [-0.15, -0.1) is 0 Å². The molecule has 0 rings (SSSR count). The molecule has 0 saturated heterocycles. The van der Waals surface area contributed by atoms with Crippen molar-refractivity contribution in [2.75, 3.05) is 13.2 Å². The highest BCUT2D eigenvalue weighted by atomic mass is 16.9. The average Bonchev–Trinajstić information content (AvgIpc) is 2.26. The van der Waals surface area contributed by atoms with Gasteiger partial charge in [-0.3, -0.25) is 9.68 Å². The predicted octanol–water partition coefficient (Wildman–Crippen LogP) is 3.60. The normalized spacial score (nSPS) is 10.8. The SMILES string of the molecule is CCCCCCCCCCONOCC. The van der Waals surface area contributed by atoms with Crippen molar-refractivity contribution >= 4 is 0 Å². The average molecular weight is 217 g/mol. The van der Waals surface area contributed by atoms with Gasteiger partial charge in [0.05, 0.1) is 13.2 Å². The molecule has 1 N–H and O–H groups in total. The molecule has 0 aliphatic heterocycles. The third kappa shape index (κ3) is 13.9. The molecule has 0 radical (unpaired) electrons. The molecule has 3 nitrogen and oxygen atoms in total. The van der Waals surface area contributed by atoms with Crippen molar-refractivity contribution in [3.05, 3.63) is 0 Å². The van der Waals surface area contributed by atoms with Gasteiger partial charge in [-0.2, -0.15) is 0 Å². The molecule has 15 heavy (non-hydrogen) atoms. The second-order valence-electron chi connectivity index (χ2n) is 3.84. The van der Waals surface area contributed by atoms with E-state index in [1.807, 2.05) is 6.92 Å². The maximum atomic E-state index is 5.05. The van der Waals surface area contributed by atoms with Gasteiger partial charge in [-0.05, 0) is 13.3 Å². The Morgan fingerprint density at radius 2 is 1.33 bits per heavy atom. The van der Waals surface area contributed by atoms with Crippen LogP contribution in [0.1, 0.15) is 65.2 Å². The highest BCUT2D eigenvalue weighted by Crippen LogP contribution is 2.07. The molecular formula is C12H27NO2. The fourth-order valence-corrected chi connectivity index (χ4v) is 1.45. The Balaban J connectivity index is 2.81. The first-order valence-corrected chi connectivity index (χ1v) is 6.40. The van der Waals surface area contributed by atoms with Crippen LogP contribution in [-0.2, 0) is 9.68 Å². The monoisotopic (exact) mass is 217 g/mol. The van der Waals surface area contributed by atoms with Crippen LogP contribution in [0.25, 0.3) is 0 Å². The Labute approximate surface area is 94.4 Å². The van der Waals surface area contributed by atoms with Gasteiger partial charge < -0.3 is 0 Å². The third-order valence-electron chi connectivity index (χ3n) is 2.36. The molecule has 0 aliphatic carbocycles. The Hall–Kier alpha value is -0.120. The standard InChI is InChI=1S/C12H27NO2/c1-3-5-6-7-8-9-10-11-12-15-13-14-4-2/h13H,3-12H2,1-2H3. The van der Waals surface area contributed by atoms with Crippen molar-refractivity contribution in [1.29, 1.82) is 0 Å². The van der Waals surface area contributed by atoms with E-state index in [0.717, 1.165) is 13.0 Å². The van der Waals surface area contributed by atoms with E-state index in [9.17, 15) is 0 Å². The maximum Gasteiger partial charge on any atom is 0.0709 e. The molecule has 0 aliphatic rings. The van der Waals surface area contributed by atoms with Gasteiger partial charge >= 0.3 is 0 Å². The van der Waals surface area contributed by atoms with Crippen molar-refractivity contribution < 1.29 is 9.68 Å². The number of unbranched alkanes of at least 4 members (excludes halogenated alkanes) is 7. The minimum absolute atomic E-state index is 0.636. The quantitative estimate of drug-likeness (QED) is 0.400. The smallest absolute Gasteiger partial charge is 0.0709 e. The van der Waals surface area contributed by atoms with Crippen molar-refractivity contribution in [1.82, 2.24) is 5.64 Å². The molecule has 0 fully saturated rings. The van der Waals surface area contributed by atoms with Gasteiger partial charge in [-0.1, -0.05) is 57.5 Å². The van der Waals surface area contributed by atoms with E-state index in [0.29, 0.717) is 6.61 Å². The van der Waals surface area contributed by atoms with Gasteiger partial charge in [0.1, 0.15) is 0 Å². The van der Waals surface area contributed by atoms with Gasteiger partial charge in [0.25, 0.3) is 0 Å². The molecule has 0 aromatic carbocycles. The van der Waals surface area contributed by atoms with Crippen molar-refractivity contribution in [2.45, 2.75) is 65.2 Å². The van der Waals surface area contributed by atoms with Crippen molar-refractivity contribution in [3.63, 3.8) is 0 Å². The fourth-order valence-electron chi connectivity index (χ4n) is 1.45. The van der Waals surface area contributed by atoms with E-state index >= 15 is 0 Å². The van der Waals surface area contributed by atoms with E-state index in [1.54, 1.807) is 0 Å². The molecule has 92 valence electrons. The first-order valence-electron chi connectivity index (χ1n) is 6.40. The van der Waals surface area contributed by atoms with Crippen LogP contribution >= 0.6 is 0 Å². The summed E-state index contributed by atoms with van der Waals surface area (Å²) in [6.45, 7) is 5.56. The van der Waals surface area contributed by atoms with E-state index in [4.69, 9.17) is 9.68 Å². The number of rotatable bonds is 12. The summed E-state index contributed by atoms with van der Waals surface area (Å²) in [6.07, 6.45) is 10.6. The second kappa shape index (κ2) is 13.9. The van der Waals surface area contributed by atoms with Crippen LogP contribution in [0.4, 0.5) is 0 Å².